The second-order valence-corrected chi connectivity index (χ2v) is 20.2. The molecule has 0 unspecified atom stereocenters. The van der Waals surface area contributed by atoms with Crippen molar-refractivity contribution in [2.45, 2.75) is 0 Å². The molecule has 0 aliphatic rings. The van der Waals surface area contributed by atoms with Gasteiger partial charge in [-0.1, -0.05) is 158 Å². The lowest BCUT2D eigenvalue weighted by atomic mass is 9.92. The van der Waals surface area contributed by atoms with E-state index < -0.39 is 0 Å². The Balaban J connectivity index is 1.02. The van der Waals surface area contributed by atoms with Gasteiger partial charge in [0.25, 0.3) is 0 Å². The van der Waals surface area contributed by atoms with Crippen molar-refractivity contribution >= 4 is 107 Å². The summed E-state index contributed by atoms with van der Waals surface area (Å²) in [7, 11) is 0. The molecule has 5 aromatic heterocycles. The zero-order valence-electron chi connectivity index (χ0n) is 37.4. The SMILES string of the molecule is c1ccc(-c2cc(-c3nc(-c4ccc5c(c4)sc4ccccc45)nc(-c4ccc5c(c4)sc4ccccc45)n3)cc(-c3ccccc3)c2-n2c3ccccc3c3cc4[nH]c5ccccc5c4cc32)cc1. The summed E-state index contributed by atoms with van der Waals surface area (Å²) >= 11 is 3.61. The van der Waals surface area contributed by atoms with E-state index in [1.54, 1.807) is 22.7 Å². The Morgan fingerprint density at radius 3 is 1.39 bits per heavy atom. The summed E-state index contributed by atoms with van der Waals surface area (Å²) in [5.74, 6) is 1.87. The van der Waals surface area contributed by atoms with Crippen LogP contribution in [-0.4, -0.2) is 24.5 Å². The monoisotopic (exact) mass is 927 g/mol. The molecule has 0 aliphatic carbocycles. The zero-order valence-corrected chi connectivity index (χ0v) is 39.0. The van der Waals surface area contributed by atoms with Crippen molar-refractivity contribution in [3.8, 4) is 62.1 Å². The van der Waals surface area contributed by atoms with Gasteiger partial charge in [-0.3, -0.25) is 0 Å². The summed E-state index contributed by atoms with van der Waals surface area (Å²) in [4.78, 5) is 20.0. The highest BCUT2D eigenvalue weighted by atomic mass is 32.1. The minimum atomic E-state index is 0.608. The van der Waals surface area contributed by atoms with Gasteiger partial charge in [-0.15, -0.1) is 22.7 Å². The van der Waals surface area contributed by atoms with E-state index in [0.29, 0.717) is 17.5 Å². The summed E-state index contributed by atoms with van der Waals surface area (Å²) in [5, 5.41) is 9.78. The highest BCUT2D eigenvalue weighted by Crippen LogP contribution is 2.46. The van der Waals surface area contributed by atoms with Crippen molar-refractivity contribution in [1.82, 2.24) is 24.5 Å². The maximum absolute atomic E-state index is 5.45. The van der Waals surface area contributed by atoms with Gasteiger partial charge in [-0.25, -0.2) is 15.0 Å². The molecule has 0 radical (unpaired) electrons. The van der Waals surface area contributed by atoms with Gasteiger partial charge in [-0.05, 0) is 71.8 Å². The Morgan fingerprint density at radius 1 is 0.300 bits per heavy atom. The number of rotatable bonds is 6. The fourth-order valence-corrected chi connectivity index (χ4v) is 13.0. The fraction of sp³-hybridized carbons (Fsp3) is 0. The zero-order chi connectivity index (χ0) is 45.9. The van der Waals surface area contributed by atoms with Crippen molar-refractivity contribution in [1.29, 1.82) is 0 Å². The molecule has 0 amide bonds. The molecule has 10 aromatic carbocycles. The van der Waals surface area contributed by atoms with Crippen LogP contribution in [0.1, 0.15) is 0 Å². The summed E-state index contributed by atoms with van der Waals surface area (Å²) in [6, 6.07) is 78.8. The maximum Gasteiger partial charge on any atom is 0.164 e. The average molecular weight is 928 g/mol. The first-order chi connectivity index (χ1) is 34.7. The number of benzene rings is 10. The third kappa shape index (κ3) is 6.12. The fourth-order valence-electron chi connectivity index (χ4n) is 10.7. The van der Waals surface area contributed by atoms with E-state index in [2.05, 4.69) is 228 Å². The van der Waals surface area contributed by atoms with Crippen molar-refractivity contribution in [3.63, 3.8) is 0 Å². The smallest absolute Gasteiger partial charge is 0.164 e. The highest BCUT2D eigenvalue weighted by molar-refractivity contribution is 7.26. The van der Waals surface area contributed by atoms with Crippen molar-refractivity contribution in [3.05, 3.63) is 218 Å². The van der Waals surface area contributed by atoms with Crippen molar-refractivity contribution in [2.24, 2.45) is 0 Å². The van der Waals surface area contributed by atoms with Crippen molar-refractivity contribution < 1.29 is 0 Å². The second kappa shape index (κ2) is 15.4. The summed E-state index contributed by atoms with van der Waals surface area (Å²) in [6.07, 6.45) is 0. The van der Waals surface area contributed by atoms with E-state index in [9.17, 15) is 0 Å². The van der Waals surface area contributed by atoms with Crippen LogP contribution < -0.4 is 0 Å². The molecule has 0 bridgehead atoms. The Kier molecular flexibility index (Phi) is 8.63. The number of para-hydroxylation sites is 2. The van der Waals surface area contributed by atoms with E-state index in [-0.39, 0.29) is 0 Å². The molecule has 15 aromatic rings. The van der Waals surface area contributed by atoms with Gasteiger partial charge in [0.05, 0.1) is 16.7 Å². The maximum atomic E-state index is 5.45. The third-order valence-corrected chi connectivity index (χ3v) is 16.2. The van der Waals surface area contributed by atoms with E-state index in [1.165, 1.54) is 61.9 Å². The molecule has 5 nitrogen and oxygen atoms in total. The molecule has 326 valence electrons. The molecule has 0 aliphatic heterocycles. The van der Waals surface area contributed by atoms with Crippen molar-refractivity contribution in [2.75, 3.05) is 0 Å². The molecule has 0 saturated carbocycles. The Labute approximate surface area is 409 Å². The molecule has 5 heterocycles. The Bertz CT molecular complexity index is 4410. The molecule has 0 saturated heterocycles. The van der Waals surface area contributed by atoms with Gasteiger partial charge in [0.15, 0.2) is 17.5 Å². The molecule has 15 rings (SSSR count). The van der Waals surface area contributed by atoms with Gasteiger partial charge in [-0.2, -0.15) is 0 Å². The van der Waals surface area contributed by atoms with Crippen LogP contribution in [0.2, 0.25) is 0 Å². The van der Waals surface area contributed by atoms with Crippen LogP contribution in [0.25, 0.3) is 146 Å². The predicted octanol–water partition coefficient (Wildman–Crippen LogP) is 17.7. The van der Waals surface area contributed by atoms with Gasteiger partial charge >= 0.3 is 0 Å². The van der Waals surface area contributed by atoms with Crippen LogP contribution in [0, 0.1) is 0 Å². The van der Waals surface area contributed by atoms with Gasteiger partial charge in [0, 0.05) is 101 Å². The van der Waals surface area contributed by atoms with Gasteiger partial charge in [0.1, 0.15) is 0 Å². The van der Waals surface area contributed by atoms with Crippen LogP contribution in [-0.2, 0) is 0 Å². The number of aromatic amines is 1. The predicted molar refractivity (Wildman–Crippen MR) is 296 cm³/mol. The molecular formula is C63H37N5S2. The van der Waals surface area contributed by atoms with Crippen LogP contribution in [0.5, 0.6) is 0 Å². The highest BCUT2D eigenvalue weighted by Gasteiger charge is 2.24. The Hall–Kier alpha value is -8.75. The number of hydrogen-bond donors (Lipinski definition) is 1. The largest absolute Gasteiger partial charge is 0.354 e. The number of nitrogens with one attached hydrogen (secondary N) is 1. The first kappa shape index (κ1) is 39.3. The van der Waals surface area contributed by atoms with E-state index in [4.69, 9.17) is 15.0 Å². The molecular weight excluding hydrogens is 891 g/mol. The Morgan fingerprint density at radius 2 is 0.786 bits per heavy atom. The molecule has 0 spiro atoms. The number of fused-ring (bicyclic) bond motifs is 12. The standard InChI is InChI=1S/C63H37N5S2/c1-3-15-37(16-4-1)48-31-41(32-49(38-17-5-2-6-18-38)60(48)68-54-24-12-8-20-43(54)51-35-53-50(36-55(51)68)42-19-7-11-23-52(42)64-53)63-66-61(39-27-29-46-44-21-9-13-25-56(44)69-58(46)33-39)65-62(67-63)40-28-30-47-45-22-10-14-26-57(45)70-59(47)34-40/h1-36,64H. The average Bonchev–Trinajstić information content (AvgIpc) is 4.19. The number of hydrogen-bond acceptors (Lipinski definition) is 5. The van der Waals surface area contributed by atoms with Crippen LogP contribution in [0.15, 0.2) is 218 Å². The molecule has 70 heavy (non-hydrogen) atoms. The van der Waals surface area contributed by atoms with Gasteiger partial charge < -0.3 is 9.55 Å². The van der Waals surface area contributed by atoms with E-state index in [0.717, 1.165) is 66.7 Å². The molecule has 1 N–H and O–H groups in total. The minimum Gasteiger partial charge on any atom is -0.354 e. The van der Waals surface area contributed by atoms with Gasteiger partial charge in [0.2, 0.25) is 0 Å². The van der Waals surface area contributed by atoms with E-state index >= 15 is 0 Å². The second-order valence-electron chi connectivity index (χ2n) is 18.0. The summed E-state index contributed by atoms with van der Waals surface area (Å²) < 4.78 is 7.42. The van der Waals surface area contributed by atoms with Crippen LogP contribution in [0.3, 0.4) is 0 Å². The first-order valence-corrected chi connectivity index (χ1v) is 25.1. The first-order valence-electron chi connectivity index (χ1n) is 23.5. The lowest BCUT2D eigenvalue weighted by Crippen LogP contribution is -2.04. The third-order valence-electron chi connectivity index (χ3n) is 14.0. The lowest BCUT2D eigenvalue weighted by molar-refractivity contribution is 1.07. The number of H-pyrrole nitrogens is 1. The number of nitrogens with zero attached hydrogens (tertiary/aromatic N) is 4. The molecule has 0 atom stereocenters. The number of aromatic nitrogens is 5. The molecule has 7 heteroatoms. The van der Waals surface area contributed by atoms with Crippen LogP contribution in [0.4, 0.5) is 0 Å². The number of thiophene rings is 2. The lowest BCUT2D eigenvalue weighted by Gasteiger charge is -2.21. The topological polar surface area (TPSA) is 59.4 Å². The van der Waals surface area contributed by atoms with Crippen LogP contribution >= 0.6 is 22.7 Å². The normalized spacial score (nSPS) is 12.0. The quantitative estimate of drug-likeness (QED) is 0.181. The molecule has 0 fully saturated rings. The van der Waals surface area contributed by atoms with E-state index in [1.807, 2.05) is 0 Å². The minimum absolute atomic E-state index is 0.608. The summed E-state index contributed by atoms with van der Waals surface area (Å²) in [5.41, 5.74) is 12.7. The summed E-state index contributed by atoms with van der Waals surface area (Å²) in [6.45, 7) is 0.